The summed E-state index contributed by atoms with van der Waals surface area (Å²) in [4.78, 5) is 12.6. The molecule has 108 valence electrons. The number of amides is 1. The van der Waals surface area contributed by atoms with Gasteiger partial charge in [0.25, 0.3) is 0 Å². The molecule has 4 heteroatoms. The molecule has 2 aromatic carbocycles. The smallest absolute Gasteiger partial charge is 0.235 e. The third-order valence-corrected chi connectivity index (χ3v) is 4.22. The van der Waals surface area contributed by atoms with Crippen molar-refractivity contribution in [2.24, 2.45) is 0 Å². The fraction of sp³-hybridized carbons (Fsp3) is 0.235. The quantitative estimate of drug-likeness (QED) is 0.926. The summed E-state index contributed by atoms with van der Waals surface area (Å²) in [6.45, 7) is 0. The molecule has 2 aromatic rings. The summed E-state index contributed by atoms with van der Waals surface area (Å²) in [5.74, 6) is 0.619. The summed E-state index contributed by atoms with van der Waals surface area (Å²) in [5, 5.41) is 3.44. The zero-order valence-electron chi connectivity index (χ0n) is 11.7. The van der Waals surface area contributed by atoms with Gasteiger partial charge in [0, 0.05) is 5.69 Å². The Bertz CT molecular complexity index is 666. The van der Waals surface area contributed by atoms with Crippen LogP contribution in [0.1, 0.15) is 18.4 Å². The molecule has 0 atom stereocenters. The zero-order chi connectivity index (χ0) is 14.9. The van der Waals surface area contributed by atoms with Crippen molar-refractivity contribution in [1.82, 2.24) is 0 Å². The second-order valence-electron chi connectivity index (χ2n) is 5.25. The van der Waals surface area contributed by atoms with Gasteiger partial charge >= 0.3 is 0 Å². The van der Waals surface area contributed by atoms with Crippen molar-refractivity contribution in [2.45, 2.75) is 18.3 Å². The van der Waals surface area contributed by atoms with Gasteiger partial charge in [-0.2, -0.15) is 0 Å². The Morgan fingerprint density at radius 3 is 2.48 bits per heavy atom. The van der Waals surface area contributed by atoms with Crippen molar-refractivity contribution < 1.29 is 9.53 Å². The highest BCUT2D eigenvalue weighted by Crippen LogP contribution is 2.49. The van der Waals surface area contributed by atoms with Crippen molar-refractivity contribution in [3.05, 3.63) is 59.1 Å². The largest absolute Gasteiger partial charge is 0.495 e. The van der Waals surface area contributed by atoms with Crippen LogP contribution in [-0.4, -0.2) is 13.0 Å². The lowest BCUT2D eigenvalue weighted by atomic mass is 9.95. The molecule has 0 aliphatic heterocycles. The monoisotopic (exact) mass is 301 g/mol. The highest BCUT2D eigenvalue weighted by molar-refractivity contribution is 6.32. The van der Waals surface area contributed by atoms with Crippen LogP contribution in [0.4, 0.5) is 5.69 Å². The summed E-state index contributed by atoms with van der Waals surface area (Å²) in [7, 11) is 1.56. The number of rotatable bonds is 4. The fourth-order valence-corrected chi connectivity index (χ4v) is 2.78. The number of hydrogen-bond acceptors (Lipinski definition) is 2. The van der Waals surface area contributed by atoms with E-state index >= 15 is 0 Å². The van der Waals surface area contributed by atoms with Crippen LogP contribution in [0, 0.1) is 0 Å². The Labute approximate surface area is 128 Å². The molecule has 3 nitrogen and oxygen atoms in total. The highest BCUT2D eigenvalue weighted by Gasteiger charge is 2.51. The molecule has 0 unspecified atom stereocenters. The topological polar surface area (TPSA) is 38.3 Å². The minimum absolute atomic E-state index is 0.0231. The van der Waals surface area contributed by atoms with Crippen LogP contribution < -0.4 is 10.1 Å². The molecule has 1 amide bonds. The van der Waals surface area contributed by atoms with Gasteiger partial charge in [0.1, 0.15) is 5.75 Å². The molecule has 0 heterocycles. The second-order valence-corrected chi connectivity index (χ2v) is 5.66. The third kappa shape index (κ3) is 2.61. The zero-order valence-corrected chi connectivity index (χ0v) is 12.5. The van der Waals surface area contributed by atoms with Crippen LogP contribution in [-0.2, 0) is 10.2 Å². The molecule has 1 fully saturated rings. The SMILES string of the molecule is COc1ccc(NC(=O)C2(c3ccccc3)CC2)cc1Cl. The van der Waals surface area contributed by atoms with Crippen molar-refractivity contribution in [1.29, 1.82) is 0 Å². The first-order chi connectivity index (χ1) is 10.2. The lowest BCUT2D eigenvalue weighted by Crippen LogP contribution is -2.27. The first kappa shape index (κ1) is 14.0. The summed E-state index contributed by atoms with van der Waals surface area (Å²) in [6, 6.07) is 15.2. The van der Waals surface area contributed by atoms with Gasteiger partial charge in [-0.15, -0.1) is 0 Å². The molecule has 1 saturated carbocycles. The third-order valence-electron chi connectivity index (χ3n) is 3.92. The van der Waals surface area contributed by atoms with E-state index in [1.807, 2.05) is 30.3 Å². The van der Waals surface area contributed by atoms with Gasteiger partial charge in [0.2, 0.25) is 5.91 Å². The van der Waals surface area contributed by atoms with Gasteiger partial charge < -0.3 is 10.1 Å². The minimum atomic E-state index is -0.381. The second kappa shape index (κ2) is 5.41. The first-order valence-corrected chi connectivity index (χ1v) is 7.24. The van der Waals surface area contributed by atoms with E-state index in [0.717, 1.165) is 18.4 Å². The van der Waals surface area contributed by atoms with Crippen LogP contribution in [0.25, 0.3) is 0 Å². The van der Waals surface area contributed by atoms with Gasteiger partial charge in [-0.25, -0.2) is 0 Å². The van der Waals surface area contributed by atoms with Crippen LogP contribution in [0.15, 0.2) is 48.5 Å². The maximum atomic E-state index is 12.6. The van der Waals surface area contributed by atoms with E-state index in [4.69, 9.17) is 16.3 Å². The predicted octanol–water partition coefficient (Wildman–Crippen LogP) is 4.02. The van der Waals surface area contributed by atoms with Crippen LogP contribution in [0.5, 0.6) is 5.75 Å². The number of anilines is 1. The number of nitrogens with one attached hydrogen (secondary N) is 1. The van der Waals surface area contributed by atoms with Gasteiger partial charge in [0.15, 0.2) is 0 Å². The van der Waals surface area contributed by atoms with E-state index < -0.39 is 0 Å². The Balaban J connectivity index is 1.79. The lowest BCUT2D eigenvalue weighted by Gasteiger charge is -2.16. The Morgan fingerprint density at radius 1 is 1.19 bits per heavy atom. The molecule has 1 aliphatic carbocycles. The molecule has 0 spiro atoms. The summed E-state index contributed by atoms with van der Waals surface area (Å²) in [5.41, 5.74) is 1.38. The fourth-order valence-electron chi connectivity index (χ4n) is 2.52. The molecular formula is C17H16ClNO2. The maximum Gasteiger partial charge on any atom is 0.235 e. The summed E-state index contributed by atoms with van der Waals surface area (Å²) in [6.07, 6.45) is 1.76. The van der Waals surface area contributed by atoms with E-state index in [-0.39, 0.29) is 11.3 Å². The van der Waals surface area contributed by atoms with Crippen LogP contribution >= 0.6 is 11.6 Å². The van der Waals surface area contributed by atoms with Crippen molar-refractivity contribution in [3.63, 3.8) is 0 Å². The van der Waals surface area contributed by atoms with E-state index in [1.54, 1.807) is 25.3 Å². The van der Waals surface area contributed by atoms with Crippen molar-refractivity contribution in [3.8, 4) is 5.75 Å². The Morgan fingerprint density at radius 2 is 1.90 bits per heavy atom. The van der Waals surface area contributed by atoms with Gasteiger partial charge in [-0.3, -0.25) is 4.79 Å². The molecule has 3 rings (SSSR count). The molecule has 1 N–H and O–H groups in total. The number of hydrogen-bond donors (Lipinski definition) is 1. The molecule has 0 bridgehead atoms. The number of carbonyl (C=O) groups is 1. The maximum absolute atomic E-state index is 12.6. The number of carbonyl (C=O) groups excluding carboxylic acids is 1. The first-order valence-electron chi connectivity index (χ1n) is 6.86. The Kier molecular flexibility index (Phi) is 3.60. The molecule has 0 aromatic heterocycles. The standard InChI is InChI=1S/C17H16ClNO2/c1-21-15-8-7-13(11-14(15)18)19-16(20)17(9-10-17)12-5-3-2-4-6-12/h2-8,11H,9-10H2,1H3,(H,19,20). The molecule has 21 heavy (non-hydrogen) atoms. The summed E-state index contributed by atoms with van der Waals surface area (Å²) >= 11 is 6.08. The Hall–Kier alpha value is -2.00. The molecule has 0 radical (unpaired) electrons. The normalized spacial score (nSPS) is 15.3. The highest BCUT2D eigenvalue weighted by atomic mass is 35.5. The lowest BCUT2D eigenvalue weighted by molar-refractivity contribution is -0.118. The number of benzene rings is 2. The van der Waals surface area contributed by atoms with Gasteiger partial charge in [0.05, 0.1) is 17.5 Å². The summed E-state index contributed by atoms with van der Waals surface area (Å²) < 4.78 is 5.11. The number of ether oxygens (including phenoxy) is 1. The molecular weight excluding hydrogens is 286 g/mol. The minimum Gasteiger partial charge on any atom is -0.495 e. The van der Waals surface area contributed by atoms with Crippen LogP contribution in [0.2, 0.25) is 5.02 Å². The molecule has 1 aliphatic rings. The van der Waals surface area contributed by atoms with E-state index in [2.05, 4.69) is 5.32 Å². The van der Waals surface area contributed by atoms with E-state index in [0.29, 0.717) is 16.5 Å². The van der Waals surface area contributed by atoms with Gasteiger partial charge in [-0.1, -0.05) is 41.9 Å². The number of methoxy groups -OCH3 is 1. The van der Waals surface area contributed by atoms with Gasteiger partial charge in [-0.05, 0) is 36.6 Å². The average Bonchev–Trinajstić information content (AvgIpc) is 3.30. The van der Waals surface area contributed by atoms with Crippen molar-refractivity contribution in [2.75, 3.05) is 12.4 Å². The van der Waals surface area contributed by atoms with E-state index in [1.165, 1.54) is 0 Å². The van der Waals surface area contributed by atoms with E-state index in [9.17, 15) is 4.79 Å². The number of halogens is 1. The van der Waals surface area contributed by atoms with Crippen LogP contribution in [0.3, 0.4) is 0 Å². The predicted molar refractivity (Wildman–Crippen MR) is 84.0 cm³/mol. The molecule has 0 saturated heterocycles. The average molecular weight is 302 g/mol. The van der Waals surface area contributed by atoms with Crippen molar-refractivity contribution >= 4 is 23.2 Å².